The van der Waals surface area contributed by atoms with Gasteiger partial charge in [-0.25, -0.2) is 19.9 Å². The molecule has 2 heterocycles. The molecule has 2 aromatic carbocycles. The molecule has 0 atom stereocenters. The van der Waals surface area contributed by atoms with Crippen molar-refractivity contribution < 1.29 is 9.66 Å². The first-order valence-corrected chi connectivity index (χ1v) is 15.0. The average Bonchev–Trinajstić information content (AvgIpc) is 3.04. The third-order valence-electron chi connectivity index (χ3n) is 7.74. The number of hydrogen-bond acceptors (Lipinski definition) is 10. The minimum Gasteiger partial charge on any atom is -0.494 e. The molecule has 0 radical (unpaired) electrons. The van der Waals surface area contributed by atoms with E-state index >= 15 is 0 Å². The molecule has 4 rings (SSSR count). The van der Waals surface area contributed by atoms with Crippen LogP contribution < -0.4 is 15.0 Å². The van der Waals surface area contributed by atoms with Gasteiger partial charge in [-0.2, -0.15) is 0 Å². The van der Waals surface area contributed by atoms with Crippen LogP contribution >= 0.6 is 0 Å². The van der Waals surface area contributed by atoms with Crippen molar-refractivity contribution in [3.63, 3.8) is 0 Å². The predicted octanol–water partition coefficient (Wildman–Crippen LogP) is 6.55. The van der Waals surface area contributed by atoms with E-state index in [0.717, 1.165) is 42.5 Å². The third kappa shape index (κ3) is 7.98. The van der Waals surface area contributed by atoms with Crippen LogP contribution in [0.25, 0.3) is 11.1 Å². The van der Waals surface area contributed by atoms with E-state index in [9.17, 15) is 10.1 Å². The zero-order chi connectivity index (χ0) is 32.5. The number of hydrogen-bond donors (Lipinski definition) is 1. The predicted molar refractivity (Wildman–Crippen MR) is 180 cm³/mol. The highest BCUT2D eigenvalue weighted by Crippen LogP contribution is 2.39. The SMILES string of the molecule is CCCCc1cccc(/C(=C(\C)c2ncccn2)c2ccnc(Nc3cc([N+](=O)[O-])c(N(C)CCN(C)C)cc3OC)n2)c1C. The van der Waals surface area contributed by atoms with Crippen LogP contribution in [0, 0.1) is 17.0 Å². The lowest BCUT2D eigenvalue weighted by Gasteiger charge is -2.23. The molecule has 0 saturated carbocycles. The van der Waals surface area contributed by atoms with Gasteiger partial charge in [0.15, 0.2) is 5.82 Å². The Morgan fingerprint density at radius 2 is 1.78 bits per heavy atom. The molecule has 236 valence electrons. The first-order chi connectivity index (χ1) is 21.6. The van der Waals surface area contributed by atoms with Crippen molar-refractivity contribution in [1.29, 1.82) is 0 Å². The highest BCUT2D eigenvalue weighted by molar-refractivity contribution is 5.96. The third-order valence-corrected chi connectivity index (χ3v) is 7.74. The quantitative estimate of drug-likeness (QED) is 0.124. The van der Waals surface area contributed by atoms with Crippen molar-refractivity contribution in [3.05, 3.63) is 99.4 Å². The lowest BCUT2D eigenvalue weighted by atomic mass is 9.89. The van der Waals surface area contributed by atoms with Gasteiger partial charge < -0.3 is 19.9 Å². The summed E-state index contributed by atoms with van der Waals surface area (Å²) in [6.45, 7) is 7.67. The van der Waals surface area contributed by atoms with Crippen LogP contribution in [-0.4, -0.2) is 71.1 Å². The molecule has 0 unspecified atom stereocenters. The number of ether oxygens (including phenoxy) is 1. The van der Waals surface area contributed by atoms with Crippen molar-refractivity contribution in [2.24, 2.45) is 0 Å². The average molecular weight is 611 g/mol. The van der Waals surface area contributed by atoms with Crippen LogP contribution in [0.3, 0.4) is 0 Å². The summed E-state index contributed by atoms with van der Waals surface area (Å²) >= 11 is 0. The number of benzene rings is 2. The molecule has 11 nitrogen and oxygen atoms in total. The second-order valence-corrected chi connectivity index (χ2v) is 11.2. The number of anilines is 3. The van der Waals surface area contributed by atoms with Crippen molar-refractivity contribution in [3.8, 4) is 5.75 Å². The molecule has 2 aromatic heterocycles. The Kier molecular flexibility index (Phi) is 11.2. The van der Waals surface area contributed by atoms with Gasteiger partial charge >= 0.3 is 0 Å². The van der Waals surface area contributed by atoms with Crippen LogP contribution in [0.5, 0.6) is 5.75 Å². The number of likely N-dealkylation sites (N-methyl/N-ethyl adjacent to an activating group) is 2. The van der Waals surface area contributed by atoms with Gasteiger partial charge in [-0.05, 0) is 69.6 Å². The number of nitro benzene ring substituents is 1. The van der Waals surface area contributed by atoms with Gasteiger partial charge in [0.05, 0.1) is 23.4 Å². The van der Waals surface area contributed by atoms with Crippen molar-refractivity contribution >= 4 is 34.2 Å². The summed E-state index contributed by atoms with van der Waals surface area (Å²) in [4.78, 5) is 34.1. The Morgan fingerprint density at radius 3 is 2.44 bits per heavy atom. The fourth-order valence-corrected chi connectivity index (χ4v) is 5.15. The molecule has 0 spiro atoms. The molecule has 0 aliphatic carbocycles. The molecular formula is C34H42N8O3. The number of unbranched alkanes of at least 4 members (excludes halogenated alkanes) is 1. The molecule has 0 bridgehead atoms. The van der Waals surface area contributed by atoms with Gasteiger partial charge in [-0.1, -0.05) is 31.5 Å². The fourth-order valence-electron chi connectivity index (χ4n) is 5.15. The van der Waals surface area contributed by atoms with E-state index in [1.165, 1.54) is 24.3 Å². The number of rotatable bonds is 14. The fraction of sp³-hybridized carbons (Fsp3) is 0.353. The van der Waals surface area contributed by atoms with Crippen LogP contribution in [-0.2, 0) is 6.42 Å². The zero-order valence-electron chi connectivity index (χ0n) is 27.2. The van der Waals surface area contributed by atoms with E-state index in [1.807, 2.05) is 43.9 Å². The molecule has 1 N–H and O–H groups in total. The minimum atomic E-state index is -0.387. The normalized spacial score (nSPS) is 11.7. The van der Waals surface area contributed by atoms with E-state index in [1.54, 1.807) is 30.7 Å². The Labute approximate surface area is 265 Å². The molecule has 0 aliphatic rings. The van der Waals surface area contributed by atoms with Gasteiger partial charge in [0.1, 0.15) is 11.4 Å². The Hall–Kier alpha value is -4.90. The Morgan fingerprint density at radius 1 is 1.02 bits per heavy atom. The molecule has 0 saturated heterocycles. The van der Waals surface area contributed by atoms with Crippen molar-refractivity contribution in [1.82, 2.24) is 24.8 Å². The van der Waals surface area contributed by atoms with E-state index in [2.05, 4.69) is 52.3 Å². The molecule has 4 aromatic rings. The summed E-state index contributed by atoms with van der Waals surface area (Å²) in [7, 11) is 7.29. The maximum Gasteiger partial charge on any atom is 0.294 e. The summed E-state index contributed by atoms with van der Waals surface area (Å²) in [5.41, 5.74) is 6.72. The summed E-state index contributed by atoms with van der Waals surface area (Å²) in [6.07, 6.45) is 8.32. The van der Waals surface area contributed by atoms with Gasteiger partial charge in [-0.15, -0.1) is 0 Å². The number of nitro groups is 1. The van der Waals surface area contributed by atoms with E-state index in [-0.39, 0.29) is 16.6 Å². The number of allylic oxidation sites excluding steroid dienone is 1. The molecule has 0 amide bonds. The monoisotopic (exact) mass is 610 g/mol. The van der Waals surface area contributed by atoms with Crippen LogP contribution in [0.1, 0.15) is 54.9 Å². The van der Waals surface area contributed by atoms with Crippen LogP contribution in [0.15, 0.2) is 61.1 Å². The molecule has 11 heteroatoms. The second-order valence-electron chi connectivity index (χ2n) is 11.2. The standard InChI is InChI=1S/C34H42N8O3/c1-8-9-12-25-13-10-14-26(23(25)2)32(24(3)33-35-16-11-17-36-33)27-15-18-37-34(38-27)39-28-21-30(42(43)44)29(22-31(28)45-7)41(6)20-19-40(4)5/h10-11,13-18,21-22H,8-9,12,19-20H2,1-7H3,(H,37,38,39)/b32-24-. The Balaban J connectivity index is 1.81. The molecule has 0 fully saturated rings. The van der Waals surface area contributed by atoms with Crippen LogP contribution in [0.4, 0.5) is 23.0 Å². The summed E-state index contributed by atoms with van der Waals surface area (Å²) in [6, 6.07) is 13.1. The molecule has 0 aliphatic heterocycles. The lowest BCUT2D eigenvalue weighted by Crippen LogP contribution is -2.28. The largest absolute Gasteiger partial charge is 0.494 e. The van der Waals surface area contributed by atoms with E-state index in [4.69, 9.17) is 9.72 Å². The number of nitrogens with one attached hydrogen (secondary N) is 1. The van der Waals surface area contributed by atoms with Crippen molar-refractivity contribution in [2.75, 3.05) is 51.6 Å². The van der Waals surface area contributed by atoms with Crippen molar-refractivity contribution in [2.45, 2.75) is 40.0 Å². The minimum absolute atomic E-state index is 0.0483. The second kappa shape index (κ2) is 15.2. The van der Waals surface area contributed by atoms with Gasteiger partial charge in [0, 0.05) is 62.0 Å². The van der Waals surface area contributed by atoms with Gasteiger partial charge in [0.2, 0.25) is 5.95 Å². The van der Waals surface area contributed by atoms with Gasteiger partial charge in [0.25, 0.3) is 5.69 Å². The topological polar surface area (TPSA) is 122 Å². The maximum atomic E-state index is 12.2. The lowest BCUT2D eigenvalue weighted by molar-refractivity contribution is -0.384. The first-order valence-electron chi connectivity index (χ1n) is 15.0. The Bertz CT molecular complexity index is 1660. The zero-order valence-corrected chi connectivity index (χ0v) is 27.2. The highest BCUT2D eigenvalue weighted by atomic mass is 16.6. The smallest absolute Gasteiger partial charge is 0.294 e. The van der Waals surface area contributed by atoms with E-state index in [0.29, 0.717) is 35.2 Å². The molecule has 45 heavy (non-hydrogen) atoms. The number of methoxy groups -OCH3 is 1. The van der Waals surface area contributed by atoms with Gasteiger partial charge in [-0.3, -0.25) is 10.1 Å². The molecular weight excluding hydrogens is 568 g/mol. The number of nitrogens with zero attached hydrogens (tertiary/aromatic N) is 7. The number of aromatic nitrogens is 4. The maximum absolute atomic E-state index is 12.2. The van der Waals surface area contributed by atoms with E-state index < -0.39 is 0 Å². The summed E-state index contributed by atoms with van der Waals surface area (Å²) in [5.74, 6) is 1.31. The van der Waals surface area contributed by atoms with Crippen LogP contribution in [0.2, 0.25) is 0 Å². The number of aryl methyl sites for hydroxylation is 1. The first kappa shape index (κ1) is 33.0. The highest BCUT2D eigenvalue weighted by Gasteiger charge is 2.23. The summed E-state index contributed by atoms with van der Waals surface area (Å²) < 4.78 is 5.67. The summed E-state index contributed by atoms with van der Waals surface area (Å²) in [5, 5.41) is 15.3.